The summed E-state index contributed by atoms with van der Waals surface area (Å²) in [4.78, 5) is 21.3. The third kappa shape index (κ3) is 4.19. The number of nitrogens with zero attached hydrogens (tertiary/aromatic N) is 3. The third-order valence-electron chi connectivity index (χ3n) is 1.96. The Balaban J connectivity index is 2.47. The maximum absolute atomic E-state index is 11.5. The van der Waals surface area contributed by atoms with Gasteiger partial charge in [0.2, 0.25) is 5.91 Å². The maximum Gasteiger partial charge on any atom is 0.307 e. The van der Waals surface area contributed by atoms with E-state index in [2.05, 4.69) is 10.4 Å². The van der Waals surface area contributed by atoms with Crippen molar-refractivity contribution in [3.05, 3.63) is 22.5 Å². The van der Waals surface area contributed by atoms with Crippen LogP contribution in [0.3, 0.4) is 0 Å². The summed E-state index contributed by atoms with van der Waals surface area (Å²) in [5, 5.41) is 16.8. The number of ether oxygens (including phenoxy) is 1. The Morgan fingerprint density at radius 2 is 2.47 bits per heavy atom. The van der Waals surface area contributed by atoms with Crippen molar-refractivity contribution >= 4 is 11.6 Å². The summed E-state index contributed by atoms with van der Waals surface area (Å²) in [7, 11) is 1.54. The van der Waals surface area contributed by atoms with Gasteiger partial charge >= 0.3 is 5.69 Å². The lowest BCUT2D eigenvalue weighted by Crippen LogP contribution is -2.37. The fourth-order valence-corrected chi connectivity index (χ4v) is 1.29. The quantitative estimate of drug-likeness (QED) is 0.556. The second-order valence-electron chi connectivity index (χ2n) is 3.58. The second kappa shape index (κ2) is 5.94. The van der Waals surface area contributed by atoms with Gasteiger partial charge in [0.1, 0.15) is 18.9 Å². The average Bonchev–Trinajstić information content (AvgIpc) is 2.66. The van der Waals surface area contributed by atoms with Crippen molar-refractivity contribution in [1.29, 1.82) is 0 Å². The summed E-state index contributed by atoms with van der Waals surface area (Å²) in [6.45, 7) is 2.15. The molecule has 1 N–H and O–H groups in total. The second-order valence-corrected chi connectivity index (χ2v) is 3.58. The lowest BCUT2D eigenvalue weighted by atomic mass is 10.3. The van der Waals surface area contributed by atoms with Crippen molar-refractivity contribution in [2.45, 2.75) is 19.5 Å². The fourth-order valence-electron chi connectivity index (χ4n) is 1.29. The molecule has 0 aliphatic rings. The first kappa shape index (κ1) is 13.1. The molecule has 0 unspecified atom stereocenters. The van der Waals surface area contributed by atoms with Crippen molar-refractivity contribution in [3.8, 4) is 0 Å². The molecule has 0 fully saturated rings. The Morgan fingerprint density at radius 1 is 1.76 bits per heavy atom. The van der Waals surface area contributed by atoms with Crippen molar-refractivity contribution < 1.29 is 14.5 Å². The lowest BCUT2D eigenvalue weighted by Gasteiger charge is -2.12. The fraction of sp³-hybridized carbons (Fsp3) is 0.556. The van der Waals surface area contributed by atoms with Crippen molar-refractivity contribution in [2.75, 3.05) is 13.7 Å². The Bertz CT molecular complexity index is 403. The third-order valence-corrected chi connectivity index (χ3v) is 1.96. The molecule has 0 spiro atoms. The topological polar surface area (TPSA) is 99.3 Å². The van der Waals surface area contributed by atoms with Crippen LogP contribution in [0.4, 0.5) is 5.69 Å². The van der Waals surface area contributed by atoms with E-state index in [1.165, 1.54) is 10.9 Å². The smallest absolute Gasteiger partial charge is 0.307 e. The first-order valence-corrected chi connectivity index (χ1v) is 4.98. The molecule has 17 heavy (non-hydrogen) atoms. The Labute approximate surface area is 97.7 Å². The molecule has 0 radical (unpaired) electrons. The van der Waals surface area contributed by atoms with Gasteiger partial charge in [-0.2, -0.15) is 5.10 Å². The molecule has 94 valence electrons. The Morgan fingerprint density at radius 3 is 3.00 bits per heavy atom. The van der Waals surface area contributed by atoms with Crippen molar-refractivity contribution in [3.63, 3.8) is 0 Å². The summed E-state index contributed by atoms with van der Waals surface area (Å²) < 4.78 is 6.08. The first-order chi connectivity index (χ1) is 8.02. The summed E-state index contributed by atoms with van der Waals surface area (Å²) in [5.74, 6) is -0.271. The highest BCUT2D eigenvalue weighted by molar-refractivity contribution is 5.75. The van der Waals surface area contributed by atoms with E-state index in [1.807, 2.05) is 0 Å². The van der Waals surface area contributed by atoms with Gasteiger partial charge in [-0.05, 0) is 6.92 Å². The van der Waals surface area contributed by atoms with E-state index in [-0.39, 0.29) is 24.2 Å². The van der Waals surface area contributed by atoms with Crippen LogP contribution in [-0.2, 0) is 16.1 Å². The van der Waals surface area contributed by atoms with E-state index < -0.39 is 4.92 Å². The molecular weight excluding hydrogens is 228 g/mol. The van der Waals surface area contributed by atoms with Gasteiger partial charge in [-0.3, -0.25) is 19.6 Å². The number of methoxy groups -OCH3 is 1. The molecule has 0 saturated carbocycles. The number of amides is 1. The predicted molar refractivity (Wildman–Crippen MR) is 58.4 cm³/mol. The number of rotatable bonds is 6. The summed E-state index contributed by atoms with van der Waals surface area (Å²) in [5.41, 5.74) is -0.136. The standard InChI is InChI=1S/C9H14N4O4/c1-7(6-17-2)11-9(14)5-12-4-8(3-10-12)13(15)16/h3-4,7H,5-6H2,1-2H3,(H,11,14)/t7-/m0/s1. The summed E-state index contributed by atoms with van der Waals surface area (Å²) in [6, 6.07) is -0.113. The van der Waals surface area contributed by atoms with E-state index >= 15 is 0 Å². The molecule has 1 aromatic rings. The van der Waals surface area contributed by atoms with Crippen LogP contribution in [0, 0.1) is 10.1 Å². The lowest BCUT2D eigenvalue weighted by molar-refractivity contribution is -0.385. The maximum atomic E-state index is 11.5. The number of nitrogens with one attached hydrogen (secondary N) is 1. The van der Waals surface area contributed by atoms with Gasteiger partial charge in [0.25, 0.3) is 0 Å². The van der Waals surface area contributed by atoms with Gasteiger partial charge < -0.3 is 10.1 Å². The molecule has 0 saturated heterocycles. The first-order valence-electron chi connectivity index (χ1n) is 4.98. The van der Waals surface area contributed by atoms with Gasteiger partial charge in [0.05, 0.1) is 11.5 Å². The van der Waals surface area contributed by atoms with Crippen LogP contribution in [0.5, 0.6) is 0 Å². The van der Waals surface area contributed by atoms with E-state index in [4.69, 9.17) is 4.74 Å². The average molecular weight is 242 g/mol. The normalized spacial score (nSPS) is 12.1. The van der Waals surface area contributed by atoms with Crippen LogP contribution < -0.4 is 5.32 Å². The van der Waals surface area contributed by atoms with Crippen LogP contribution in [0.1, 0.15) is 6.92 Å². The molecule has 8 heteroatoms. The number of carbonyl (C=O) groups excluding carboxylic acids is 1. The highest BCUT2D eigenvalue weighted by Crippen LogP contribution is 2.07. The van der Waals surface area contributed by atoms with E-state index in [1.54, 1.807) is 14.0 Å². The van der Waals surface area contributed by atoms with E-state index in [0.717, 1.165) is 6.20 Å². The molecule has 8 nitrogen and oxygen atoms in total. The van der Waals surface area contributed by atoms with Crippen LogP contribution in [0.15, 0.2) is 12.4 Å². The Hall–Kier alpha value is -1.96. The molecular formula is C9H14N4O4. The zero-order chi connectivity index (χ0) is 12.8. The highest BCUT2D eigenvalue weighted by atomic mass is 16.6. The zero-order valence-electron chi connectivity index (χ0n) is 9.62. The van der Waals surface area contributed by atoms with Crippen LogP contribution >= 0.6 is 0 Å². The minimum Gasteiger partial charge on any atom is -0.383 e. The van der Waals surface area contributed by atoms with Crippen molar-refractivity contribution in [2.24, 2.45) is 0 Å². The summed E-state index contributed by atoms with van der Waals surface area (Å²) >= 11 is 0. The monoisotopic (exact) mass is 242 g/mol. The van der Waals surface area contributed by atoms with Crippen molar-refractivity contribution in [1.82, 2.24) is 15.1 Å². The zero-order valence-corrected chi connectivity index (χ0v) is 9.62. The van der Waals surface area contributed by atoms with Gasteiger partial charge in [0, 0.05) is 13.2 Å². The SMILES string of the molecule is COC[C@H](C)NC(=O)Cn1cc([N+](=O)[O-])cn1. The highest BCUT2D eigenvalue weighted by Gasteiger charge is 2.12. The number of hydrogen-bond donors (Lipinski definition) is 1. The van der Waals surface area contributed by atoms with E-state index in [9.17, 15) is 14.9 Å². The molecule has 0 bridgehead atoms. The molecule has 1 heterocycles. The number of aromatic nitrogens is 2. The van der Waals surface area contributed by atoms with E-state index in [0.29, 0.717) is 6.61 Å². The van der Waals surface area contributed by atoms with Gasteiger partial charge in [-0.1, -0.05) is 0 Å². The molecule has 1 rings (SSSR count). The molecule has 1 aromatic heterocycles. The molecule has 0 aliphatic carbocycles. The number of hydrogen-bond acceptors (Lipinski definition) is 5. The molecule has 0 aliphatic heterocycles. The molecule has 1 amide bonds. The number of carbonyl (C=O) groups is 1. The van der Waals surface area contributed by atoms with Crippen LogP contribution in [-0.4, -0.2) is 40.4 Å². The van der Waals surface area contributed by atoms with Gasteiger partial charge in [-0.25, -0.2) is 0 Å². The van der Waals surface area contributed by atoms with Crippen LogP contribution in [0.2, 0.25) is 0 Å². The molecule has 0 aromatic carbocycles. The largest absolute Gasteiger partial charge is 0.383 e. The van der Waals surface area contributed by atoms with Gasteiger partial charge in [-0.15, -0.1) is 0 Å². The molecule has 1 atom stereocenters. The minimum absolute atomic E-state index is 0.0537. The van der Waals surface area contributed by atoms with Crippen LogP contribution in [0.25, 0.3) is 0 Å². The minimum atomic E-state index is -0.561. The predicted octanol–water partition coefficient (Wildman–Crippen LogP) is -0.0576. The van der Waals surface area contributed by atoms with Gasteiger partial charge in [0.15, 0.2) is 0 Å². The Kier molecular flexibility index (Phi) is 4.58. The summed E-state index contributed by atoms with van der Waals surface area (Å²) in [6.07, 6.45) is 2.31. The number of nitro groups is 1.